The molecule has 150 valence electrons. The monoisotopic (exact) mass is 381 g/mol. The van der Waals surface area contributed by atoms with Crippen LogP contribution >= 0.6 is 0 Å². The van der Waals surface area contributed by atoms with Gasteiger partial charge in [0, 0.05) is 57.9 Å². The highest BCUT2D eigenvalue weighted by atomic mass is 19.1. The van der Waals surface area contributed by atoms with Gasteiger partial charge >= 0.3 is 6.03 Å². The van der Waals surface area contributed by atoms with Crippen LogP contribution < -0.4 is 5.32 Å². The lowest BCUT2D eigenvalue weighted by Gasteiger charge is -2.31. The number of ether oxygens (including phenoxy) is 1. The molecule has 3 rings (SSSR count). The molecule has 2 saturated heterocycles. The summed E-state index contributed by atoms with van der Waals surface area (Å²) in [7, 11) is 3.44. The van der Waals surface area contributed by atoms with Gasteiger partial charge in [-0.15, -0.1) is 0 Å². The van der Waals surface area contributed by atoms with Gasteiger partial charge in [-0.05, 0) is 12.8 Å². The Kier molecular flexibility index (Phi) is 6.30. The zero-order valence-electron chi connectivity index (χ0n) is 15.9. The summed E-state index contributed by atoms with van der Waals surface area (Å²) in [4.78, 5) is 28.3. The number of nitrogens with one attached hydrogen (secondary N) is 1. The molecule has 0 spiro atoms. The fourth-order valence-electron chi connectivity index (χ4n) is 3.99. The average Bonchev–Trinajstić information content (AvgIpc) is 3.20. The Balaban J connectivity index is 1.67. The zero-order valence-corrected chi connectivity index (χ0v) is 15.9. The van der Waals surface area contributed by atoms with Gasteiger partial charge in [0.05, 0.1) is 25.4 Å². The van der Waals surface area contributed by atoms with Crippen LogP contribution in [-0.2, 0) is 16.6 Å². The van der Waals surface area contributed by atoms with Gasteiger partial charge in [-0.3, -0.25) is 9.48 Å². The van der Waals surface area contributed by atoms with Crippen LogP contribution in [0.3, 0.4) is 0 Å². The van der Waals surface area contributed by atoms with Gasteiger partial charge in [-0.1, -0.05) is 0 Å². The molecule has 9 heteroatoms. The van der Waals surface area contributed by atoms with Crippen LogP contribution in [0.4, 0.5) is 9.18 Å². The van der Waals surface area contributed by atoms with Gasteiger partial charge < -0.3 is 19.9 Å². The number of aryl methyl sites for hydroxylation is 1. The quantitative estimate of drug-likeness (QED) is 0.800. The molecule has 27 heavy (non-hydrogen) atoms. The Morgan fingerprint density at radius 3 is 2.96 bits per heavy atom. The smallest absolute Gasteiger partial charge is 0.317 e. The van der Waals surface area contributed by atoms with Crippen LogP contribution in [0.2, 0.25) is 0 Å². The molecule has 0 bridgehead atoms. The topological polar surface area (TPSA) is 79.7 Å². The third kappa shape index (κ3) is 4.58. The van der Waals surface area contributed by atoms with Gasteiger partial charge in [-0.25, -0.2) is 9.18 Å². The first-order chi connectivity index (χ1) is 13.0. The molecule has 1 aromatic rings. The van der Waals surface area contributed by atoms with E-state index in [1.54, 1.807) is 22.9 Å². The molecule has 1 unspecified atom stereocenters. The van der Waals surface area contributed by atoms with Crippen LogP contribution in [0, 0.1) is 5.92 Å². The first-order valence-electron chi connectivity index (χ1n) is 9.43. The summed E-state index contributed by atoms with van der Waals surface area (Å²) in [6.07, 6.45) is 4.25. The lowest BCUT2D eigenvalue weighted by molar-refractivity contribution is -0.129. The van der Waals surface area contributed by atoms with Crippen molar-refractivity contribution in [1.29, 1.82) is 0 Å². The largest absolute Gasteiger partial charge is 0.383 e. The number of carbonyl (C=O) groups is 2. The summed E-state index contributed by atoms with van der Waals surface area (Å²) < 4.78 is 20.4. The van der Waals surface area contributed by atoms with Crippen molar-refractivity contribution in [1.82, 2.24) is 24.9 Å². The van der Waals surface area contributed by atoms with E-state index >= 15 is 0 Å². The number of hydrogen-bond donors (Lipinski definition) is 1. The maximum atomic E-state index is 13.5. The zero-order chi connectivity index (χ0) is 19.4. The minimum Gasteiger partial charge on any atom is -0.383 e. The number of methoxy groups -OCH3 is 1. The number of piperidine rings is 1. The molecule has 3 amide bonds. The predicted molar refractivity (Wildman–Crippen MR) is 96.7 cm³/mol. The fraction of sp³-hybridized carbons (Fsp3) is 0.722. The number of likely N-dealkylation sites (tertiary alicyclic amines) is 2. The minimum absolute atomic E-state index is 0.0435. The van der Waals surface area contributed by atoms with Gasteiger partial charge in [0.25, 0.3) is 0 Å². The molecular weight excluding hydrogens is 353 g/mol. The lowest BCUT2D eigenvalue weighted by Crippen LogP contribution is -2.47. The van der Waals surface area contributed by atoms with E-state index < -0.39 is 6.17 Å². The molecule has 2 aliphatic rings. The van der Waals surface area contributed by atoms with Crippen LogP contribution in [0.1, 0.15) is 30.9 Å². The van der Waals surface area contributed by atoms with Gasteiger partial charge in [0.15, 0.2) is 0 Å². The number of rotatable bonds is 6. The molecule has 0 radical (unpaired) electrons. The predicted octanol–water partition coefficient (Wildman–Crippen LogP) is 1.10. The second kappa shape index (κ2) is 8.69. The molecule has 8 nitrogen and oxygen atoms in total. The second-order valence-electron chi connectivity index (χ2n) is 7.31. The molecule has 0 aliphatic carbocycles. The Morgan fingerprint density at radius 1 is 1.48 bits per heavy atom. The first-order valence-corrected chi connectivity index (χ1v) is 9.43. The second-order valence-corrected chi connectivity index (χ2v) is 7.31. The van der Waals surface area contributed by atoms with E-state index in [0.717, 1.165) is 5.56 Å². The van der Waals surface area contributed by atoms with Crippen molar-refractivity contribution >= 4 is 11.9 Å². The van der Waals surface area contributed by atoms with Gasteiger partial charge in [-0.2, -0.15) is 5.10 Å². The first kappa shape index (κ1) is 19.6. The van der Waals surface area contributed by atoms with Gasteiger partial charge in [0.1, 0.15) is 6.17 Å². The van der Waals surface area contributed by atoms with E-state index in [-0.39, 0.29) is 30.4 Å². The summed E-state index contributed by atoms with van der Waals surface area (Å²) in [6.45, 7) is 2.02. The highest BCUT2D eigenvalue weighted by Crippen LogP contribution is 2.37. The summed E-state index contributed by atoms with van der Waals surface area (Å²) in [6, 6.07) is -0.415. The number of nitrogens with zero attached hydrogens (tertiary/aromatic N) is 4. The SMILES string of the molecule is COCCN1C(=O)C[C@H](CNC(=O)N2CCCC(F)C2)[C@H]1c1cnn(C)c1. The summed E-state index contributed by atoms with van der Waals surface area (Å²) in [5.74, 6) is -0.0181. The van der Waals surface area contributed by atoms with Crippen molar-refractivity contribution in [3.05, 3.63) is 18.0 Å². The van der Waals surface area contributed by atoms with Crippen molar-refractivity contribution in [2.24, 2.45) is 13.0 Å². The molecular formula is C18H28FN5O3. The van der Waals surface area contributed by atoms with Crippen LogP contribution in [0.25, 0.3) is 0 Å². The highest BCUT2D eigenvalue weighted by Gasteiger charge is 2.41. The normalized spacial score (nSPS) is 25.9. The molecule has 1 aromatic heterocycles. The number of halogens is 1. The molecule has 2 aliphatic heterocycles. The molecule has 2 fully saturated rings. The maximum Gasteiger partial charge on any atom is 0.317 e. The van der Waals surface area contributed by atoms with E-state index in [9.17, 15) is 14.0 Å². The number of amides is 3. The average molecular weight is 381 g/mol. The van der Waals surface area contributed by atoms with Gasteiger partial charge in [0.2, 0.25) is 5.91 Å². The third-order valence-corrected chi connectivity index (χ3v) is 5.31. The van der Waals surface area contributed by atoms with E-state index in [0.29, 0.717) is 45.5 Å². The van der Waals surface area contributed by atoms with Crippen molar-refractivity contribution in [2.45, 2.75) is 31.5 Å². The Labute approximate surface area is 158 Å². The molecule has 3 atom stereocenters. The van der Waals surface area contributed by atoms with Crippen LogP contribution in [0.15, 0.2) is 12.4 Å². The lowest BCUT2D eigenvalue weighted by atomic mass is 9.95. The Bertz CT molecular complexity index is 667. The van der Waals surface area contributed by atoms with Crippen molar-refractivity contribution in [3.8, 4) is 0 Å². The van der Waals surface area contributed by atoms with Crippen molar-refractivity contribution in [2.75, 3.05) is 39.9 Å². The number of urea groups is 1. The fourth-order valence-corrected chi connectivity index (χ4v) is 3.99. The molecule has 3 heterocycles. The standard InChI is InChI=1S/C18H28FN5O3/c1-22-11-14(10-21-22)17-13(8-16(25)24(17)6-7-27-2)9-20-18(26)23-5-3-4-15(19)12-23/h10-11,13,15,17H,3-9,12H2,1-2H3,(H,20,26)/t13-,15?,17+/m1/s1. The van der Waals surface area contributed by atoms with E-state index in [1.807, 2.05) is 13.2 Å². The third-order valence-electron chi connectivity index (χ3n) is 5.31. The number of carbonyl (C=O) groups excluding carboxylic acids is 2. The number of hydrogen-bond acceptors (Lipinski definition) is 4. The molecule has 1 N–H and O–H groups in total. The van der Waals surface area contributed by atoms with Crippen molar-refractivity contribution < 1.29 is 18.7 Å². The Morgan fingerprint density at radius 2 is 2.30 bits per heavy atom. The number of aromatic nitrogens is 2. The summed E-state index contributed by atoms with van der Waals surface area (Å²) >= 11 is 0. The molecule has 0 aromatic carbocycles. The van der Waals surface area contributed by atoms with Crippen molar-refractivity contribution in [3.63, 3.8) is 0 Å². The van der Waals surface area contributed by atoms with Crippen LogP contribution in [-0.4, -0.2) is 77.6 Å². The van der Waals surface area contributed by atoms with E-state index in [2.05, 4.69) is 10.4 Å². The highest BCUT2D eigenvalue weighted by molar-refractivity contribution is 5.80. The summed E-state index contributed by atoms with van der Waals surface area (Å²) in [5.41, 5.74) is 0.945. The summed E-state index contributed by atoms with van der Waals surface area (Å²) in [5, 5.41) is 7.12. The maximum absolute atomic E-state index is 13.5. The van der Waals surface area contributed by atoms with E-state index in [4.69, 9.17) is 4.74 Å². The number of alkyl halides is 1. The van der Waals surface area contributed by atoms with Crippen LogP contribution in [0.5, 0.6) is 0 Å². The van der Waals surface area contributed by atoms with E-state index in [1.165, 1.54) is 4.90 Å². The Hall–Kier alpha value is -2.16. The molecule has 0 saturated carbocycles. The minimum atomic E-state index is -0.953.